The van der Waals surface area contributed by atoms with E-state index in [2.05, 4.69) is 10.6 Å². The van der Waals surface area contributed by atoms with E-state index in [1.807, 2.05) is 67.6 Å². The van der Waals surface area contributed by atoms with Gasteiger partial charge in [-0.2, -0.15) is 0 Å². The van der Waals surface area contributed by atoms with Crippen LogP contribution in [-0.4, -0.2) is 41.6 Å². The molecule has 152 valence electrons. The lowest BCUT2D eigenvalue weighted by Gasteiger charge is -2.26. The highest BCUT2D eigenvalue weighted by Gasteiger charge is 2.52. The Hall–Kier alpha value is -2.80. The Morgan fingerprint density at radius 3 is 2.38 bits per heavy atom. The Morgan fingerprint density at radius 2 is 1.72 bits per heavy atom. The summed E-state index contributed by atoms with van der Waals surface area (Å²) in [6.07, 6.45) is 1.20. The van der Waals surface area contributed by atoms with Crippen LogP contribution in [0.2, 0.25) is 0 Å². The third-order valence-corrected chi connectivity index (χ3v) is 5.82. The average molecular weight is 412 g/mol. The molecule has 6 nitrogen and oxygen atoms in total. The average Bonchev–Trinajstić information content (AvgIpc) is 2.98. The first kappa shape index (κ1) is 20.9. The lowest BCUT2D eigenvalue weighted by molar-refractivity contribution is -0.135. The fraction of sp³-hybridized carbons (Fsp3) is 0.318. The number of urea groups is 1. The first-order chi connectivity index (χ1) is 14.1. The lowest BCUT2D eigenvalue weighted by atomic mass is 9.85. The lowest BCUT2D eigenvalue weighted by Crippen LogP contribution is -2.45. The summed E-state index contributed by atoms with van der Waals surface area (Å²) in [5.41, 5.74) is -0.362. The summed E-state index contributed by atoms with van der Waals surface area (Å²) in [5.74, 6) is -0.00783. The number of nitrogens with zero attached hydrogens (tertiary/aromatic N) is 1. The molecule has 1 aliphatic heterocycles. The maximum Gasteiger partial charge on any atom is 0.325 e. The van der Waals surface area contributed by atoms with Gasteiger partial charge in [-0.05, 0) is 24.1 Å². The molecular formula is C22H25N3O3S. The molecule has 7 heteroatoms. The van der Waals surface area contributed by atoms with Gasteiger partial charge < -0.3 is 10.6 Å². The highest BCUT2D eigenvalue weighted by atomic mass is 32.2. The quantitative estimate of drug-likeness (QED) is 0.377. The first-order valence-electron chi connectivity index (χ1n) is 9.71. The minimum Gasteiger partial charge on any atom is -0.354 e. The van der Waals surface area contributed by atoms with Crippen molar-refractivity contribution in [2.75, 3.05) is 18.8 Å². The summed E-state index contributed by atoms with van der Waals surface area (Å²) < 4.78 is 0. The molecule has 1 atom stereocenters. The minimum absolute atomic E-state index is 0.279. The second kappa shape index (κ2) is 9.60. The van der Waals surface area contributed by atoms with Crippen molar-refractivity contribution in [1.29, 1.82) is 0 Å². The van der Waals surface area contributed by atoms with Crippen LogP contribution in [0.5, 0.6) is 0 Å². The predicted molar refractivity (Wildman–Crippen MR) is 113 cm³/mol. The van der Waals surface area contributed by atoms with Crippen molar-refractivity contribution >= 4 is 29.6 Å². The maximum atomic E-state index is 13.1. The summed E-state index contributed by atoms with van der Waals surface area (Å²) in [7, 11) is 0. The largest absolute Gasteiger partial charge is 0.354 e. The molecule has 0 unspecified atom stereocenters. The van der Waals surface area contributed by atoms with Crippen LogP contribution in [0.3, 0.4) is 0 Å². The van der Waals surface area contributed by atoms with E-state index >= 15 is 0 Å². The molecule has 4 amide bonds. The number of imide groups is 1. The number of amides is 4. The van der Waals surface area contributed by atoms with Crippen LogP contribution in [0.25, 0.3) is 0 Å². The molecule has 1 heterocycles. The Labute approximate surface area is 175 Å². The van der Waals surface area contributed by atoms with Gasteiger partial charge in [0, 0.05) is 17.2 Å². The van der Waals surface area contributed by atoms with E-state index in [9.17, 15) is 14.4 Å². The fourth-order valence-electron chi connectivity index (χ4n) is 3.45. The number of hydrogen-bond acceptors (Lipinski definition) is 4. The summed E-state index contributed by atoms with van der Waals surface area (Å²) in [6.45, 7) is 2.14. The molecule has 0 aliphatic carbocycles. The molecule has 0 radical (unpaired) electrons. The molecule has 0 bridgehead atoms. The van der Waals surface area contributed by atoms with Crippen LogP contribution in [0.15, 0.2) is 65.6 Å². The van der Waals surface area contributed by atoms with Gasteiger partial charge in [0.1, 0.15) is 12.1 Å². The normalized spacial score (nSPS) is 18.6. The molecule has 2 aromatic rings. The van der Waals surface area contributed by atoms with E-state index in [0.717, 1.165) is 21.8 Å². The van der Waals surface area contributed by atoms with Gasteiger partial charge in [-0.15, -0.1) is 11.8 Å². The van der Waals surface area contributed by atoms with Crippen LogP contribution in [0, 0.1) is 0 Å². The molecule has 3 rings (SSSR count). The van der Waals surface area contributed by atoms with Gasteiger partial charge in [0.05, 0.1) is 0 Å². The SMILES string of the molecule is CCC[C@@]1(c2ccccc2)NC(=O)N(CC(=O)NCCSc2ccccc2)C1=O. The van der Waals surface area contributed by atoms with Gasteiger partial charge in [-0.25, -0.2) is 4.79 Å². The second-order valence-electron chi connectivity index (χ2n) is 6.85. The van der Waals surface area contributed by atoms with E-state index in [4.69, 9.17) is 0 Å². The number of hydrogen-bond donors (Lipinski definition) is 2. The van der Waals surface area contributed by atoms with E-state index in [0.29, 0.717) is 18.7 Å². The number of benzene rings is 2. The van der Waals surface area contributed by atoms with Gasteiger partial charge in [0.2, 0.25) is 5.91 Å². The van der Waals surface area contributed by atoms with E-state index in [1.165, 1.54) is 0 Å². The van der Waals surface area contributed by atoms with Crippen molar-refractivity contribution in [3.05, 3.63) is 66.2 Å². The molecule has 0 aromatic heterocycles. The standard InChI is InChI=1S/C22H25N3O3S/c1-2-13-22(17-9-5-3-6-10-17)20(27)25(21(28)24-22)16-19(26)23-14-15-29-18-11-7-4-8-12-18/h3-12H,2,13-16H2,1H3,(H,23,26)(H,24,28)/t22-/m0/s1. The highest BCUT2D eigenvalue weighted by molar-refractivity contribution is 7.99. The van der Waals surface area contributed by atoms with Crippen LogP contribution >= 0.6 is 11.8 Å². The zero-order valence-electron chi connectivity index (χ0n) is 16.4. The zero-order chi connectivity index (χ0) is 20.7. The molecule has 1 fully saturated rings. The zero-order valence-corrected chi connectivity index (χ0v) is 17.2. The summed E-state index contributed by atoms with van der Waals surface area (Å²) >= 11 is 1.64. The highest BCUT2D eigenvalue weighted by Crippen LogP contribution is 2.33. The fourth-order valence-corrected chi connectivity index (χ4v) is 4.24. The number of rotatable bonds is 9. The molecule has 0 spiro atoms. The molecule has 2 aromatic carbocycles. The monoisotopic (exact) mass is 411 g/mol. The molecular weight excluding hydrogens is 386 g/mol. The van der Waals surface area contributed by atoms with E-state index < -0.39 is 11.6 Å². The number of carbonyl (C=O) groups excluding carboxylic acids is 3. The van der Waals surface area contributed by atoms with Gasteiger partial charge in [-0.3, -0.25) is 14.5 Å². The smallest absolute Gasteiger partial charge is 0.325 e. The maximum absolute atomic E-state index is 13.1. The second-order valence-corrected chi connectivity index (χ2v) is 8.02. The van der Waals surface area contributed by atoms with E-state index in [1.54, 1.807) is 11.8 Å². The van der Waals surface area contributed by atoms with Crippen molar-refractivity contribution in [2.45, 2.75) is 30.2 Å². The Kier molecular flexibility index (Phi) is 6.93. The van der Waals surface area contributed by atoms with Crippen LogP contribution in [-0.2, 0) is 15.1 Å². The van der Waals surface area contributed by atoms with Gasteiger partial charge in [-0.1, -0.05) is 61.9 Å². The third-order valence-electron chi connectivity index (χ3n) is 4.81. The van der Waals surface area contributed by atoms with Gasteiger partial charge in [0.25, 0.3) is 5.91 Å². The van der Waals surface area contributed by atoms with Crippen molar-refractivity contribution < 1.29 is 14.4 Å². The summed E-state index contributed by atoms with van der Waals surface area (Å²) in [4.78, 5) is 40.1. The Morgan fingerprint density at radius 1 is 1.07 bits per heavy atom. The molecule has 0 saturated carbocycles. The van der Waals surface area contributed by atoms with Crippen molar-refractivity contribution in [2.24, 2.45) is 0 Å². The Balaban J connectivity index is 1.58. The molecule has 29 heavy (non-hydrogen) atoms. The summed E-state index contributed by atoms with van der Waals surface area (Å²) in [5, 5.41) is 5.62. The van der Waals surface area contributed by atoms with E-state index in [-0.39, 0.29) is 18.4 Å². The first-order valence-corrected chi connectivity index (χ1v) is 10.7. The van der Waals surface area contributed by atoms with Crippen molar-refractivity contribution in [3.8, 4) is 0 Å². The topological polar surface area (TPSA) is 78.5 Å². The number of nitrogens with one attached hydrogen (secondary N) is 2. The third kappa shape index (κ3) is 4.79. The molecule has 2 N–H and O–H groups in total. The minimum atomic E-state index is -1.10. The Bertz CT molecular complexity index is 860. The van der Waals surface area contributed by atoms with Crippen LogP contribution in [0.1, 0.15) is 25.3 Å². The summed E-state index contributed by atoms with van der Waals surface area (Å²) in [6, 6.07) is 18.6. The number of carbonyl (C=O) groups is 3. The van der Waals surface area contributed by atoms with Crippen LogP contribution in [0.4, 0.5) is 4.79 Å². The van der Waals surface area contributed by atoms with Crippen LogP contribution < -0.4 is 10.6 Å². The molecule has 1 aliphatic rings. The van der Waals surface area contributed by atoms with Crippen molar-refractivity contribution in [1.82, 2.24) is 15.5 Å². The number of thioether (sulfide) groups is 1. The van der Waals surface area contributed by atoms with Gasteiger partial charge in [0.15, 0.2) is 0 Å². The van der Waals surface area contributed by atoms with Crippen molar-refractivity contribution in [3.63, 3.8) is 0 Å². The predicted octanol–water partition coefficient (Wildman–Crippen LogP) is 3.14. The molecule has 1 saturated heterocycles. The van der Waals surface area contributed by atoms with Gasteiger partial charge >= 0.3 is 6.03 Å².